The van der Waals surface area contributed by atoms with Crippen LogP contribution in [0.25, 0.3) is 10.8 Å². The van der Waals surface area contributed by atoms with Crippen LogP contribution < -0.4 is 15.4 Å². The molecule has 5 heteroatoms. The molecule has 0 bridgehead atoms. The van der Waals surface area contributed by atoms with E-state index in [4.69, 9.17) is 9.47 Å². The van der Waals surface area contributed by atoms with Gasteiger partial charge >= 0.3 is 0 Å². The van der Waals surface area contributed by atoms with Crippen LogP contribution in [0.5, 0.6) is 5.75 Å². The van der Waals surface area contributed by atoms with Gasteiger partial charge in [0.1, 0.15) is 12.4 Å². The van der Waals surface area contributed by atoms with Crippen molar-refractivity contribution in [3.63, 3.8) is 0 Å². The van der Waals surface area contributed by atoms with Crippen molar-refractivity contribution in [2.45, 2.75) is 31.3 Å². The second kappa shape index (κ2) is 9.56. The number of ether oxygens (including phenoxy) is 2. The predicted octanol–water partition coefficient (Wildman–Crippen LogP) is 3.39. The minimum Gasteiger partial charge on any atom is -0.492 e. The van der Waals surface area contributed by atoms with Crippen LogP contribution in [0.3, 0.4) is 0 Å². The molecule has 4 rings (SSSR count). The van der Waals surface area contributed by atoms with Crippen LogP contribution in [0.4, 0.5) is 0 Å². The minimum atomic E-state index is 0. The summed E-state index contributed by atoms with van der Waals surface area (Å²) in [6.07, 6.45) is 3.87. The fourth-order valence-electron chi connectivity index (χ4n) is 4.31. The molecule has 3 unspecified atom stereocenters. The highest BCUT2D eigenvalue weighted by Gasteiger charge is 2.34. The molecule has 2 aromatic rings. The second-order valence-corrected chi connectivity index (χ2v) is 7.12. The Morgan fingerprint density at radius 1 is 1.12 bits per heavy atom. The van der Waals surface area contributed by atoms with Crippen LogP contribution in [-0.2, 0) is 4.74 Å². The van der Waals surface area contributed by atoms with Gasteiger partial charge in [-0.05, 0) is 30.2 Å². The summed E-state index contributed by atoms with van der Waals surface area (Å²) >= 11 is 0. The zero-order valence-electron chi connectivity index (χ0n) is 15.2. The molecule has 1 aliphatic heterocycles. The van der Waals surface area contributed by atoms with E-state index >= 15 is 0 Å². The van der Waals surface area contributed by atoms with Crippen molar-refractivity contribution in [3.8, 4) is 5.75 Å². The highest BCUT2D eigenvalue weighted by Crippen LogP contribution is 2.29. The molecule has 0 aromatic heterocycles. The Hall–Kier alpha value is -1.33. The molecule has 2 fully saturated rings. The van der Waals surface area contributed by atoms with Gasteiger partial charge in [0.05, 0.1) is 13.2 Å². The first-order valence-corrected chi connectivity index (χ1v) is 9.57. The van der Waals surface area contributed by atoms with E-state index in [0.29, 0.717) is 24.6 Å². The van der Waals surface area contributed by atoms with Gasteiger partial charge in [0.15, 0.2) is 0 Å². The van der Waals surface area contributed by atoms with Gasteiger partial charge in [-0.3, -0.25) is 0 Å². The molecule has 0 spiro atoms. The molecule has 26 heavy (non-hydrogen) atoms. The molecule has 0 amide bonds. The van der Waals surface area contributed by atoms with Crippen molar-refractivity contribution in [2.75, 3.05) is 32.9 Å². The molecule has 2 aliphatic rings. The average Bonchev–Trinajstić information content (AvgIpc) is 3.14. The molecular weight excluding hydrogens is 348 g/mol. The standard InChI is InChI=1S/C21H28N2O2.ClH/c1-2-7-17-16(5-1)6-3-10-21(17)25-14-12-22-19-9-4-8-18(19)20-15-24-13-11-23-20;/h1-3,5-7,10,18-20,22-23H,4,8-9,11-15H2;1H. The van der Waals surface area contributed by atoms with Gasteiger partial charge in [-0.1, -0.05) is 42.8 Å². The van der Waals surface area contributed by atoms with Gasteiger partial charge in [0, 0.05) is 30.6 Å². The molecular formula is C21H29ClN2O2. The Bertz CT molecular complexity index is 685. The third kappa shape index (κ3) is 4.49. The van der Waals surface area contributed by atoms with Crippen molar-refractivity contribution >= 4 is 23.2 Å². The van der Waals surface area contributed by atoms with Crippen molar-refractivity contribution in [2.24, 2.45) is 5.92 Å². The van der Waals surface area contributed by atoms with Crippen LogP contribution in [0.1, 0.15) is 19.3 Å². The van der Waals surface area contributed by atoms with Crippen LogP contribution in [0.15, 0.2) is 42.5 Å². The molecule has 1 saturated heterocycles. The lowest BCUT2D eigenvalue weighted by Crippen LogP contribution is -2.51. The number of hydrogen-bond donors (Lipinski definition) is 2. The van der Waals surface area contributed by atoms with E-state index < -0.39 is 0 Å². The Labute approximate surface area is 162 Å². The molecule has 1 saturated carbocycles. The van der Waals surface area contributed by atoms with E-state index in [1.807, 2.05) is 0 Å². The molecule has 2 N–H and O–H groups in total. The van der Waals surface area contributed by atoms with E-state index in [1.54, 1.807) is 0 Å². The largest absolute Gasteiger partial charge is 0.492 e. The maximum atomic E-state index is 6.06. The smallest absolute Gasteiger partial charge is 0.127 e. The predicted molar refractivity (Wildman–Crippen MR) is 108 cm³/mol. The lowest BCUT2D eigenvalue weighted by Gasteiger charge is -2.33. The van der Waals surface area contributed by atoms with Gasteiger partial charge in [0.25, 0.3) is 0 Å². The molecule has 142 valence electrons. The number of hydrogen-bond acceptors (Lipinski definition) is 4. The number of morpholine rings is 1. The van der Waals surface area contributed by atoms with E-state index in [0.717, 1.165) is 32.1 Å². The third-order valence-corrected chi connectivity index (χ3v) is 5.55. The van der Waals surface area contributed by atoms with Crippen LogP contribution in [0, 0.1) is 5.92 Å². The average molecular weight is 377 g/mol. The summed E-state index contributed by atoms with van der Waals surface area (Å²) in [5.41, 5.74) is 0. The zero-order chi connectivity index (χ0) is 16.9. The first kappa shape index (κ1) is 19.4. The van der Waals surface area contributed by atoms with E-state index in [2.05, 4.69) is 53.1 Å². The Balaban J connectivity index is 0.00000196. The molecule has 1 heterocycles. The van der Waals surface area contributed by atoms with Crippen molar-refractivity contribution in [1.82, 2.24) is 10.6 Å². The zero-order valence-corrected chi connectivity index (χ0v) is 16.0. The molecule has 4 nitrogen and oxygen atoms in total. The molecule has 1 aliphatic carbocycles. The quantitative estimate of drug-likeness (QED) is 0.758. The van der Waals surface area contributed by atoms with Crippen LogP contribution in [-0.4, -0.2) is 45.0 Å². The molecule has 0 radical (unpaired) electrons. The molecule has 3 atom stereocenters. The van der Waals surface area contributed by atoms with Gasteiger partial charge < -0.3 is 20.1 Å². The van der Waals surface area contributed by atoms with E-state index in [9.17, 15) is 0 Å². The van der Waals surface area contributed by atoms with Gasteiger partial charge in [0.2, 0.25) is 0 Å². The van der Waals surface area contributed by atoms with Crippen molar-refractivity contribution in [3.05, 3.63) is 42.5 Å². The van der Waals surface area contributed by atoms with Gasteiger partial charge in [-0.25, -0.2) is 0 Å². The van der Waals surface area contributed by atoms with Gasteiger partial charge in [-0.2, -0.15) is 0 Å². The van der Waals surface area contributed by atoms with Crippen molar-refractivity contribution < 1.29 is 9.47 Å². The fourth-order valence-corrected chi connectivity index (χ4v) is 4.31. The SMILES string of the molecule is Cl.c1ccc2c(OCCNC3CCCC3C3COCCN3)cccc2c1. The second-order valence-electron chi connectivity index (χ2n) is 7.12. The normalized spacial score (nSPS) is 25.8. The topological polar surface area (TPSA) is 42.5 Å². The number of fused-ring (bicyclic) bond motifs is 1. The fraction of sp³-hybridized carbons (Fsp3) is 0.524. The Morgan fingerprint density at radius 3 is 2.88 bits per heavy atom. The summed E-state index contributed by atoms with van der Waals surface area (Å²) in [4.78, 5) is 0. The van der Waals surface area contributed by atoms with Crippen LogP contribution in [0.2, 0.25) is 0 Å². The minimum absolute atomic E-state index is 0. The maximum Gasteiger partial charge on any atom is 0.127 e. The van der Waals surface area contributed by atoms with E-state index in [1.165, 1.54) is 30.0 Å². The summed E-state index contributed by atoms with van der Waals surface area (Å²) in [6.45, 7) is 4.28. The molecule has 2 aromatic carbocycles. The first-order chi connectivity index (χ1) is 12.4. The number of rotatable bonds is 6. The monoisotopic (exact) mass is 376 g/mol. The summed E-state index contributed by atoms with van der Waals surface area (Å²) in [6, 6.07) is 15.7. The summed E-state index contributed by atoms with van der Waals surface area (Å²) in [7, 11) is 0. The lowest BCUT2D eigenvalue weighted by atomic mass is 9.94. The number of benzene rings is 2. The maximum absolute atomic E-state index is 6.06. The van der Waals surface area contributed by atoms with E-state index in [-0.39, 0.29) is 12.4 Å². The Kier molecular flexibility index (Phi) is 7.15. The number of halogens is 1. The highest BCUT2D eigenvalue weighted by molar-refractivity contribution is 5.88. The summed E-state index contributed by atoms with van der Waals surface area (Å²) < 4.78 is 11.7. The summed E-state index contributed by atoms with van der Waals surface area (Å²) in [5, 5.41) is 9.77. The van der Waals surface area contributed by atoms with Crippen molar-refractivity contribution in [1.29, 1.82) is 0 Å². The van der Waals surface area contributed by atoms with Gasteiger partial charge in [-0.15, -0.1) is 12.4 Å². The number of nitrogens with one attached hydrogen (secondary N) is 2. The Morgan fingerprint density at radius 2 is 2.00 bits per heavy atom. The lowest BCUT2D eigenvalue weighted by molar-refractivity contribution is 0.0523. The third-order valence-electron chi connectivity index (χ3n) is 5.55. The first-order valence-electron chi connectivity index (χ1n) is 9.57. The van der Waals surface area contributed by atoms with Crippen LogP contribution >= 0.6 is 12.4 Å². The highest BCUT2D eigenvalue weighted by atomic mass is 35.5. The summed E-state index contributed by atoms with van der Waals surface area (Å²) in [5.74, 6) is 1.66.